The molecule has 0 saturated carbocycles. The summed E-state index contributed by atoms with van der Waals surface area (Å²) in [5, 5.41) is -1.65. The van der Waals surface area contributed by atoms with Gasteiger partial charge in [0.15, 0.2) is 0 Å². The van der Waals surface area contributed by atoms with Crippen molar-refractivity contribution in [2.75, 3.05) is 16.6 Å². The highest BCUT2D eigenvalue weighted by molar-refractivity contribution is 8.02. The van der Waals surface area contributed by atoms with Crippen LogP contribution in [-0.4, -0.2) is 80.4 Å². The van der Waals surface area contributed by atoms with Crippen molar-refractivity contribution in [1.29, 1.82) is 0 Å². The van der Waals surface area contributed by atoms with Crippen LogP contribution in [0.3, 0.4) is 0 Å². The average molecular weight is 466 g/mol. The summed E-state index contributed by atoms with van der Waals surface area (Å²) in [7, 11) is -17.9. The van der Waals surface area contributed by atoms with E-state index < -0.39 is 81.8 Å². The molecule has 0 amide bonds. The number of carbonyl (C=O) groups excluding carboxylic acids is 2. The van der Waals surface area contributed by atoms with Crippen LogP contribution in [0.5, 0.6) is 0 Å². The lowest BCUT2D eigenvalue weighted by molar-refractivity contribution is -0.159. The van der Waals surface area contributed by atoms with Gasteiger partial charge in [-0.3, -0.25) is 27.8 Å². The van der Waals surface area contributed by atoms with Gasteiger partial charge in [-0.05, 0) is 0 Å². The minimum atomic E-state index is -4.62. The molecule has 26 heavy (non-hydrogen) atoms. The first kappa shape index (κ1) is 27.0. The highest BCUT2D eigenvalue weighted by Crippen LogP contribution is 1.97. The normalized spacial score (nSPS) is 12.6. The van der Waals surface area contributed by atoms with Gasteiger partial charge in [0.1, 0.15) is 0 Å². The van der Waals surface area contributed by atoms with Gasteiger partial charge in [-0.1, -0.05) is 0 Å². The fraction of sp³-hybridized carbons (Fsp3) is 0.714. The van der Waals surface area contributed by atoms with Crippen molar-refractivity contribution >= 4 is 52.4 Å². The van der Waals surface area contributed by atoms with E-state index in [0.29, 0.717) is 0 Å². The fourth-order valence-electron chi connectivity index (χ4n) is 0.842. The Morgan fingerprint density at radius 2 is 0.846 bits per heavy atom. The molecule has 0 aromatic rings. The lowest BCUT2D eigenvalue weighted by atomic mass is 10.5. The molecule has 0 saturated heterocycles. The van der Waals surface area contributed by atoms with E-state index in [1.807, 2.05) is 0 Å². The summed E-state index contributed by atoms with van der Waals surface area (Å²) in [5.74, 6) is -4.25. The lowest BCUT2D eigenvalue weighted by Gasteiger charge is -2.01. The fourth-order valence-corrected chi connectivity index (χ4v) is 3.20. The third kappa shape index (κ3) is 25.0. The minimum absolute atomic E-state index is 0.740. The predicted octanol–water partition coefficient (Wildman–Crippen LogP) is -2.67. The maximum absolute atomic E-state index is 10.8. The third-order valence-electron chi connectivity index (χ3n) is 1.65. The Balaban J connectivity index is 0. The number of esters is 2. The van der Waals surface area contributed by atoms with Crippen molar-refractivity contribution in [2.45, 2.75) is 12.8 Å². The molecule has 4 N–H and O–H groups in total. The summed E-state index contributed by atoms with van der Waals surface area (Å²) in [6, 6.07) is 0. The van der Waals surface area contributed by atoms with Crippen LogP contribution in [0.15, 0.2) is 0 Å². The molecule has 0 aliphatic rings. The van der Waals surface area contributed by atoms with E-state index in [2.05, 4.69) is 4.74 Å². The smallest absolute Gasteiger partial charge is 0.314 e. The van der Waals surface area contributed by atoms with E-state index in [0.717, 1.165) is 0 Å². The van der Waals surface area contributed by atoms with Gasteiger partial charge in [0.2, 0.25) is 5.08 Å². The highest BCUT2D eigenvalue weighted by atomic mass is 32.3. The molecule has 0 atom stereocenters. The van der Waals surface area contributed by atoms with Crippen LogP contribution >= 0.6 is 0 Å². The SMILES string of the molecule is O=C(CCS(=O)(=O)O)OC(=O)CCS(=O)(=O)O.O=S(=O)(O)CS(=O)(=O)O. The molecule has 0 aromatic carbocycles. The molecule has 0 aliphatic heterocycles. The second-order valence-corrected chi connectivity index (χ2v) is 10.6. The first-order chi connectivity index (χ1) is 11.2. The van der Waals surface area contributed by atoms with Crippen LogP contribution in [0.25, 0.3) is 0 Å². The van der Waals surface area contributed by atoms with Gasteiger partial charge in [-0.2, -0.15) is 33.7 Å². The van der Waals surface area contributed by atoms with Gasteiger partial charge >= 0.3 is 11.9 Å². The van der Waals surface area contributed by atoms with Gasteiger partial charge in [0, 0.05) is 0 Å². The second-order valence-electron chi connectivity index (χ2n) is 4.20. The zero-order valence-corrected chi connectivity index (χ0v) is 15.7. The van der Waals surface area contributed by atoms with Gasteiger partial charge < -0.3 is 4.74 Å². The molecule has 0 radical (unpaired) electrons. The number of rotatable bonds is 8. The van der Waals surface area contributed by atoms with Crippen LogP contribution in [0, 0.1) is 0 Å². The molecule has 0 aromatic heterocycles. The Hall–Kier alpha value is -1.22. The van der Waals surface area contributed by atoms with Crippen molar-refractivity contribution < 1.29 is 66.2 Å². The maximum Gasteiger partial charge on any atom is 0.314 e. The van der Waals surface area contributed by atoms with Gasteiger partial charge in [0.05, 0.1) is 24.3 Å². The summed E-state index contributed by atoms with van der Waals surface area (Å²) in [6.45, 7) is 0. The van der Waals surface area contributed by atoms with E-state index in [9.17, 15) is 43.3 Å². The molecule has 0 fully saturated rings. The first-order valence-electron chi connectivity index (χ1n) is 5.74. The van der Waals surface area contributed by atoms with Crippen LogP contribution in [-0.2, 0) is 54.8 Å². The summed E-state index contributed by atoms with van der Waals surface area (Å²) in [5.41, 5.74) is 0. The van der Waals surface area contributed by atoms with E-state index in [1.165, 1.54) is 0 Å². The van der Waals surface area contributed by atoms with E-state index in [1.54, 1.807) is 0 Å². The zero-order chi connectivity index (χ0) is 21.4. The zero-order valence-electron chi connectivity index (χ0n) is 12.4. The molecule has 0 unspecified atom stereocenters. The molecule has 15 nitrogen and oxygen atoms in total. The van der Waals surface area contributed by atoms with E-state index in [4.69, 9.17) is 18.2 Å². The van der Waals surface area contributed by atoms with Crippen LogP contribution in [0.4, 0.5) is 0 Å². The van der Waals surface area contributed by atoms with Crippen molar-refractivity contribution in [3.05, 3.63) is 0 Å². The third-order valence-corrected chi connectivity index (χ3v) is 5.48. The Kier molecular flexibility index (Phi) is 10.6. The monoisotopic (exact) mass is 466 g/mol. The lowest BCUT2D eigenvalue weighted by Crippen LogP contribution is -2.18. The number of hydrogen-bond acceptors (Lipinski definition) is 11. The highest BCUT2D eigenvalue weighted by Gasteiger charge is 2.17. The largest absolute Gasteiger partial charge is 0.393 e. The molecule has 19 heteroatoms. The van der Waals surface area contributed by atoms with Crippen LogP contribution in [0.2, 0.25) is 0 Å². The van der Waals surface area contributed by atoms with Gasteiger partial charge in [0.25, 0.3) is 40.5 Å². The summed E-state index contributed by atoms with van der Waals surface area (Å²) in [6.07, 6.45) is -1.48. The number of hydrogen-bond donors (Lipinski definition) is 4. The molecular weight excluding hydrogens is 452 g/mol. The topological polar surface area (TPSA) is 261 Å². The summed E-state index contributed by atoms with van der Waals surface area (Å²) < 4.78 is 116. The summed E-state index contributed by atoms with van der Waals surface area (Å²) in [4.78, 5) is 21.6. The molecule has 0 spiro atoms. The Morgan fingerprint density at radius 1 is 0.577 bits per heavy atom. The van der Waals surface area contributed by atoms with Crippen molar-refractivity contribution in [3.8, 4) is 0 Å². The minimum Gasteiger partial charge on any atom is -0.393 e. The molecule has 0 aliphatic carbocycles. The standard InChI is InChI=1S/C6H10O9S2.CH4O6S2/c7-5(1-3-16(9,10)11)15-6(8)2-4-17(12,13)14;2-8(3,4)1-9(5,6)7/h1-4H2,(H,9,10,11)(H,12,13,14);1H2,(H,2,3,4)(H,5,6,7). The van der Waals surface area contributed by atoms with E-state index in [-0.39, 0.29) is 0 Å². The van der Waals surface area contributed by atoms with Crippen LogP contribution < -0.4 is 0 Å². The number of carbonyl (C=O) groups is 2. The summed E-state index contributed by atoms with van der Waals surface area (Å²) >= 11 is 0. The predicted molar refractivity (Wildman–Crippen MR) is 81.1 cm³/mol. The van der Waals surface area contributed by atoms with Crippen LogP contribution in [0.1, 0.15) is 12.8 Å². The molecule has 0 rings (SSSR count). The van der Waals surface area contributed by atoms with E-state index >= 15 is 0 Å². The molecule has 0 bridgehead atoms. The Morgan fingerprint density at radius 3 is 1.00 bits per heavy atom. The average Bonchev–Trinajstić information content (AvgIpc) is 2.28. The maximum atomic E-state index is 10.8. The molecule has 156 valence electrons. The molecular formula is C7H14O15S4. The Bertz CT molecular complexity index is 828. The van der Waals surface area contributed by atoms with Crippen molar-refractivity contribution in [1.82, 2.24) is 0 Å². The Labute approximate surface area is 148 Å². The molecule has 0 heterocycles. The quantitative estimate of drug-likeness (QED) is 0.161. The van der Waals surface area contributed by atoms with Crippen molar-refractivity contribution in [2.24, 2.45) is 0 Å². The van der Waals surface area contributed by atoms with Gasteiger partial charge in [-0.25, -0.2) is 0 Å². The van der Waals surface area contributed by atoms with Crippen molar-refractivity contribution in [3.63, 3.8) is 0 Å². The number of ether oxygens (including phenoxy) is 1. The van der Waals surface area contributed by atoms with Gasteiger partial charge in [-0.15, -0.1) is 0 Å². The second kappa shape index (κ2) is 10.2. The first-order valence-corrected chi connectivity index (χ1v) is 12.2.